The molecule has 0 aliphatic carbocycles. The van der Waals surface area contributed by atoms with Gasteiger partial charge in [0.05, 0.1) is 37.6 Å². The summed E-state index contributed by atoms with van der Waals surface area (Å²) >= 11 is 0. The molecule has 2 aromatic carbocycles. The molecule has 3 aromatic rings. The lowest BCUT2D eigenvalue weighted by Crippen LogP contribution is -2.50. The van der Waals surface area contributed by atoms with Crippen LogP contribution in [-0.4, -0.2) is 102 Å². The number of rotatable bonds is 11. The van der Waals surface area contributed by atoms with Gasteiger partial charge < -0.3 is 44.2 Å². The first kappa shape index (κ1) is 32.5. The Hall–Kier alpha value is -5.45. The molecule has 0 spiro atoms. The highest BCUT2D eigenvalue weighted by atomic mass is 19.1. The molecule has 0 bridgehead atoms. The van der Waals surface area contributed by atoms with Gasteiger partial charge in [0.1, 0.15) is 36.6 Å². The first-order valence-electron chi connectivity index (χ1n) is 15.4. The van der Waals surface area contributed by atoms with Crippen LogP contribution in [0.25, 0.3) is 0 Å². The maximum Gasteiger partial charge on any atom is 0.414 e. The maximum absolute atomic E-state index is 15.2. The van der Waals surface area contributed by atoms with Crippen molar-refractivity contribution in [2.45, 2.75) is 32.3 Å². The monoisotopic (exact) mass is 667 g/mol. The maximum atomic E-state index is 15.2. The summed E-state index contributed by atoms with van der Waals surface area (Å²) in [5.41, 5.74) is 1.61. The molecular formula is C31H34FN7O9. The molecule has 0 saturated carbocycles. The number of nitrogens with one attached hydrogen (secondary N) is 1. The summed E-state index contributed by atoms with van der Waals surface area (Å²) in [5.74, 6) is -0.661. The standard InChI is InChI=1S/C31H34FN7O9/c1-20(40)33-13-24-15-38(31(42)48-24)22-4-7-27(26(32)12-22)35-8-10-36(11-9-35)29(41)19-46-23-5-2-21(3-6-23)17-45-25-14-37-16-28(39(43)44)34-30(37)47-18-25/h2-7,12,16,24-25H,8-11,13-15,17-19H2,1H3,(H,33,40)/t24?,25-/m0/s1. The lowest BCUT2D eigenvalue weighted by atomic mass is 10.2. The van der Waals surface area contributed by atoms with Gasteiger partial charge in [0.25, 0.3) is 5.91 Å². The van der Waals surface area contributed by atoms with Gasteiger partial charge in [-0.2, -0.15) is 0 Å². The molecule has 16 nitrogen and oxygen atoms in total. The van der Waals surface area contributed by atoms with Crippen molar-refractivity contribution in [3.8, 4) is 11.8 Å². The van der Waals surface area contributed by atoms with Crippen molar-refractivity contribution >= 4 is 35.1 Å². The number of aromatic nitrogens is 2. The Morgan fingerprint density at radius 1 is 1.12 bits per heavy atom. The topological polar surface area (TPSA) is 171 Å². The summed E-state index contributed by atoms with van der Waals surface area (Å²) in [7, 11) is 0. The summed E-state index contributed by atoms with van der Waals surface area (Å²) in [6.45, 7) is 4.13. The van der Waals surface area contributed by atoms with E-state index in [1.54, 1.807) is 33.7 Å². The second-order valence-electron chi connectivity index (χ2n) is 11.5. The van der Waals surface area contributed by atoms with Crippen LogP contribution in [0.2, 0.25) is 0 Å². The molecule has 2 saturated heterocycles. The van der Waals surface area contributed by atoms with Gasteiger partial charge in [-0.05, 0) is 40.8 Å². The molecule has 3 aliphatic heterocycles. The predicted octanol–water partition coefficient (Wildman–Crippen LogP) is 2.10. The molecule has 2 atom stereocenters. The lowest BCUT2D eigenvalue weighted by Gasteiger charge is -2.36. The quantitative estimate of drug-likeness (QED) is 0.235. The van der Waals surface area contributed by atoms with Gasteiger partial charge in [-0.1, -0.05) is 12.1 Å². The Morgan fingerprint density at radius 3 is 2.60 bits per heavy atom. The molecule has 3 aliphatic rings. The fourth-order valence-electron chi connectivity index (χ4n) is 5.61. The third-order valence-corrected chi connectivity index (χ3v) is 8.15. The minimum Gasteiger partial charge on any atom is -0.484 e. The van der Waals surface area contributed by atoms with Gasteiger partial charge in [-0.3, -0.25) is 19.1 Å². The number of carbonyl (C=O) groups is 3. The summed E-state index contributed by atoms with van der Waals surface area (Å²) in [6.07, 6.45) is -0.106. The normalized spacial score (nSPS) is 19.0. The summed E-state index contributed by atoms with van der Waals surface area (Å²) in [5, 5.41) is 13.5. The molecule has 1 N–H and O–H groups in total. The number of hydrogen-bond acceptors (Lipinski definition) is 11. The van der Waals surface area contributed by atoms with Crippen molar-refractivity contribution in [1.29, 1.82) is 0 Å². The van der Waals surface area contributed by atoms with E-state index in [0.29, 0.717) is 49.8 Å². The van der Waals surface area contributed by atoms with Crippen LogP contribution in [-0.2, 0) is 32.2 Å². The van der Waals surface area contributed by atoms with Crippen molar-refractivity contribution in [3.63, 3.8) is 0 Å². The van der Waals surface area contributed by atoms with Gasteiger partial charge in [0.15, 0.2) is 6.61 Å². The minimum absolute atomic E-state index is 0.146. The fraction of sp³-hybridized carbons (Fsp3) is 0.419. The number of fused-ring (bicyclic) bond motifs is 1. The number of carbonyl (C=O) groups excluding carboxylic acids is 3. The second-order valence-corrected chi connectivity index (χ2v) is 11.5. The largest absolute Gasteiger partial charge is 0.484 e. The minimum atomic E-state index is -0.602. The first-order chi connectivity index (χ1) is 23.1. The highest BCUT2D eigenvalue weighted by molar-refractivity contribution is 5.90. The molecule has 2 fully saturated rings. The number of amides is 3. The number of halogens is 1. The zero-order valence-corrected chi connectivity index (χ0v) is 26.1. The highest BCUT2D eigenvalue weighted by Gasteiger charge is 2.33. The number of nitro groups is 1. The van der Waals surface area contributed by atoms with Crippen LogP contribution in [0.1, 0.15) is 12.5 Å². The Balaban J connectivity index is 0.923. The number of benzene rings is 2. The van der Waals surface area contributed by atoms with Gasteiger partial charge in [0, 0.05) is 38.1 Å². The van der Waals surface area contributed by atoms with E-state index in [2.05, 4.69) is 10.3 Å². The molecule has 0 radical (unpaired) electrons. The van der Waals surface area contributed by atoms with Gasteiger partial charge in [-0.25, -0.2) is 9.18 Å². The van der Waals surface area contributed by atoms with Crippen molar-refractivity contribution < 1.29 is 42.6 Å². The molecular weight excluding hydrogens is 633 g/mol. The van der Waals surface area contributed by atoms with Gasteiger partial charge >= 0.3 is 17.9 Å². The molecule has 3 amide bonds. The van der Waals surface area contributed by atoms with E-state index in [4.69, 9.17) is 18.9 Å². The summed E-state index contributed by atoms with van der Waals surface area (Å²) < 4.78 is 39.1. The number of imidazole rings is 1. The van der Waals surface area contributed by atoms with Gasteiger partial charge in [0.2, 0.25) is 5.91 Å². The van der Waals surface area contributed by atoms with Crippen molar-refractivity contribution in [2.24, 2.45) is 0 Å². The van der Waals surface area contributed by atoms with E-state index < -0.39 is 22.9 Å². The van der Waals surface area contributed by atoms with Crippen LogP contribution in [0.5, 0.6) is 11.8 Å². The summed E-state index contributed by atoms with van der Waals surface area (Å²) in [6, 6.07) is 11.9. The first-order valence-corrected chi connectivity index (χ1v) is 15.4. The number of piperazine rings is 1. The highest BCUT2D eigenvalue weighted by Crippen LogP contribution is 2.29. The molecule has 17 heteroatoms. The van der Waals surface area contributed by atoms with E-state index in [9.17, 15) is 24.5 Å². The Kier molecular flexibility index (Phi) is 9.56. The fourth-order valence-corrected chi connectivity index (χ4v) is 5.61. The number of hydrogen-bond donors (Lipinski definition) is 1. The Bertz CT molecular complexity index is 1680. The van der Waals surface area contributed by atoms with E-state index in [0.717, 1.165) is 5.56 Å². The average molecular weight is 668 g/mol. The third-order valence-electron chi connectivity index (χ3n) is 8.15. The lowest BCUT2D eigenvalue weighted by molar-refractivity contribution is -0.389. The van der Waals surface area contributed by atoms with E-state index in [1.165, 1.54) is 24.1 Å². The predicted molar refractivity (Wildman–Crippen MR) is 166 cm³/mol. The molecule has 48 heavy (non-hydrogen) atoms. The zero-order chi connectivity index (χ0) is 33.8. The average Bonchev–Trinajstić information content (AvgIpc) is 3.69. The number of anilines is 2. The molecule has 254 valence electrons. The Morgan fingerprint density at radius 2 is 1.90 bits per heavy atom. The van der Waals surface area contributed by atoms with Crippen LogP contribution < -0.4 is 24.6 Å². The zero-order valence-electron chi connectivity index (χ0n) is 26.1. The van der Waals surface area contributed by atoms with Crippen LogP contribution in [0.4, 0.5) is 26.4 Å². The molecule has 1 unspecified atom stereocenters. The second kappa shape index (κ2) is 14.1. The molecule has 4 heterocycles. The smallest absolute Gasteiger partial charge is 0.414 e. The van der Waals surface area contributed by atoms with E-state index in [1.807, 2.05) is 17.0 Å². The van der Waals surface area contributed by atoms with Crippen LogP contribution in [0.3, 0.4) is 0 Å². The van der Waals surface area contributed by atoms with E-state index >= 15 is 4.39 Å². The van der Waals surface area contributed by atoms with Crippen LogP contribution >= 0.6 is 0 Å². The van der Waals surface area contributed by atoms with Crippen LogP contribution in [0.15, 0.2) is 48.7 Å². The van der Waals surface area contributed by atoms with E-state index in [-0.39, 0.29) is 62.7 Å². The third kappa shape index (κ3) is 7.57. The van der Waals surface area contributed by atoms with Crippen molar-refractivity contribution in [3.05, 3.63) is 70.2 Å². The van der Waals surface area contributed by atoms with Crippen molar-refractivity contribution in [2.75, 3.05) is 62.3 Å². The SMILES string of the molecule is CC(=O)NCC1CN(c2ccc(N3CCN(C(=O)COc4ccc(CO[C@@H]5COc6nc([N+](=O)[O-])cn6C5)cc4)CC3)c(F)c2)C(=O)O1. The van der Waals surface area contributed by atoms with Crippen LogP contribution in [0, 0.1) is 15.9 Å². The summed E-state index contributed by atoms with van der Waals surface area (Å²) in [4.78, 5) is 55.3. The van der Waals surface area contributed by atoms with Crippen molar-refractivity contribution in [1.82, 2.24) is 19.8 Å². The number of ether oxygens (including phenoxy) is 4. The number of cyclic esters (lactones) is 1. The molecule has 6 rings (SSSR count). The Labute approximate surface area is 274 Å². The number of nitrogens with zero attached hydrogens (tertiary/aromatic N) is 6. The van der Waals surface area contributed by atoms with Gasteiger partial charge in [-0.15, -0.1) is 0 Å². The molecule has 1 aromatic heterocycles.